The normalized spacial score (nSPS) is 12.1. The van der Waals surface area contributed by atoms with Gasteiger partial charge in [-0.3, -0.25) is 4.57 Å². The molecule has 0 atom stereocenters. The van der Waals surface area contributed by atoms with Crippen LogP contribution in [0.3, 0.4) is 0 Å². The molecule has 0 aliphatic heterocycles. The third-order valence-corrected chi connectivity index (χ3v) is 9.49. The number of rotatable bonds is 3. The van der Waals surface area contributed by atoms with Crippen molar-refractivity contribution in [1.82, 2.24) is 24.5 Å². The van der Waals surface area contributed by atoms with Crippen LogP contribution in [0.1, 0.15) is 0 Å². The van der Waals surface area contributed by atoms with Gasteiger partial charge in [-0.25, -0.2) is 9.97 Å². The van der Waals surface area contributed by atoms with E-state index in [1.807, 2.05) is 54.6 Å². The molecule has 228 valence electrons. The molecule has 7 heteroatoms. The van der Waals surface area contributed by atoms with Crippen LogP contribution in [0.25, 0.3) is 105 Å². The van der Waals surface area contributed by atoms with Gasteiger partial charge in [-0.15, -0.1) is 0 Å². The van der Waals surface area contributed by atoms with Crippen LogP contribution in [-0.2, 0) is 0 Å². The van der Waals surface area contributed by atoms with Crippen molar-refractivity contribution < 1.29 is 8.83 Å². The van der Waals surface area contributed by atoms with Gasteiger partial charge in [0.15, 0.2) is 11.6 Å². The van der Waals surface area contributed by atoms with E-state index in [9.17, 15) is 0 Å². The van der Waals surface area contributed by atoms with Crippen LogP contribution < -0.4 is 0 Å². The van der Waals surface area contributed by atoms with Gasteiger partial charge in [0.2, 0.25) is 11.7 Å². The number of pyridine rings is 1. The summed E-state index contributed by atoms with van der Waals surface area (Å²) in [4.78, 5) is 20.2. The van der Waals surface area contributed by atoms with E-state index in [4.69, 9.17) is 28.8 Å². The van der Waals surface area contributed by atoms with Crippen molar-refractivity contribution >= 4 is 76.6 Å². The number of hydrogen-bond acceptors (Lipinski definition) is 6. The van der Waals surface area contributed by atoms with Gasteiger partial charge >= 0.3 is 0 Å². The predicted molar refractivity (Wildman–Crippen MR) is 195 cm³/mol. The number of benzene rings is 6. The van der Waals surface area contributed by atoms with Gasteiger partial charge in [-0.05, 0) is 65.4 Å². The molecular weight excluding hydrogens is 606 g/mol. The summed E-state index contributed by atoms with van der Waals surface area (Å²) in [6, 6.07) is 45.5. The molecule has 11 rings (SSSR count). The lowest BCUT2D eigenvalue weighted by Gasteiger charge is -2.11. The highest BCUT2D eigenvalue weighted by Gasteiger charge is 2.20. The maximum Gasteiger partial charge on any atom is 0.238 e. The Labute approximate surface area is 277 Å². The van der Waals surface area contributed by atoms with Gasteiger partial charge in [0.05, 0.1) is 11.0 Å². The maximum atomic E-state index is 6.14. The highest BCUT2D eigenvalue weighted by atomic mass is 16.3. The minimum absolute atomic E-state index is 0.517. The quantitative estimate of drug-likeness (QED) is 0.193. The smallest absolute Gasteiger partial charge is 0.238 e. The first-order valence-electron chi connectivity index (χ1n) is 16.1. The van der Waals surface area contributed by atoms with Crippen LogP contribution in [0.15, 0.2) is 148 Å². The second-order valence-electron chi connectivity index (χ2n) is 12.3. The van der Waals surface area contributed by atoms with Crippen molar-refractivity contribution in [2.45, 2.75) is 0 Å². The Morgan fingerprint density at radius 3 is 1.90 bits per heavy atom. The molecule has 0 saturated carbocycles. The average molecular weight is 630 g/mol. The number of nitrogens with zero attached hydrogens (tertiary/aromatic N) is 5. The fraction of sp³-hybridized carbons (Fsp3) is 0. The summed E-state index contributed by atoms with van der Waals surface area (Å²) >= 11 is 0. The number of fused-ring (bicyclic) bond motifs is 10. The molecule has 6 aromatic carbocycles. The van der Waals surface area contributed by atoms with Gasteiger partial charge in [0, 0.05) is 49.6 Å². The zero-order valence-electron chi connectivity index (χ0n) is 25.8. The lowest BCUT2D eigenvalue weighted by atomic mass is 10.1. The molecule has 0 aliphatic carbocycles. The molecule has 0 N–H and O–H groups in total. The molecule has 0 fully saturated rings. The molecule has 0 saturated heterocycles. The van der Waals surface area contributed by atoms with E-state index >= 15 is 0 Å². The lowest BCUT2D eigenvalue weighted by Crippen LogP contribution is -2.06. The average Bonchev–Trinajstić information content (AvgIpc) is 3.82. The molecule has 0 spiro atoms. The van der Waals surface area contributed by atoms with Gasteiger partial charge < -0.3 is 8.83 Å². The number of aromatic nitrogens is 5. The molecule has 0 unspecified atom stereocenters. The third kappa shape index (κ3) is 3.90. The Balaban J connectivity index is 1.21. The van der Waals surface area contributed by atoms with E-state index in [0.717, 1.165) is 76.6 Å². The Hall–Kier alpha value is -6.86. The lowest BCUT2D eigenvalue weighted by molar-refractivity contribution is 0.654. The molecule has 11 aromatic rings. The molecule has 0 amide bonds. The zero-order chi connectivity index (χ0) is 32.1. The van der Waals surface area contributed by atoms with E-state index in [2.05, 4.69) is 83.4 Å². The molecule has 0 aliphatic rings. The first kappa shape index (κ1) is 26.2. The predicted octanol–water partition coefficient (Wildman–Crippen LogP) is 10.6. The Morgan fingerprint density at radius 2 is 1.06 bits per heavy atom. The van der Waals surface area contributed by atoms with Crippen LogP contribution in [0, 0.1) is 0 Å². The summed E-state index contributed by atoms with van der Waals surface area (Å²) in [5, 5.41) is 8.55. The molecule has 0 bridgehead atoms. The highest BCUT2D eigenvalue weighted by Crippen LogP contribution is 2.37. The van der Waals surface area contributed by atoms with Crippen LogP contribution in [0.5, 0.6) is 0 Å². The van der Waals surface area contributed by atoms with E-state index < -0.39 is 0 Å². The Bertz CT molecular complexity index is 3000. The molecule has 7 nitrogen and oxygen atoms in total. The molecule has 0 radical (unpaired) electrons. The highest BCUT2D eigenvalue weighted by molar-refractivity contribution is 6.13. The van der Waals surface area contributed by atoms with E-state index in [1.165, 1.54) is 5.39 Å². The summed E-state index contributed by atoms with van der Waals surface area (Å²) in [5.74, 6) is 1.59. The van der Waals surface area contributed by atoms with Gasteiger partial charge in [-0.1, -0.05) is 78.9 Å². The largest absolute Gasteiger partial charge is 0.456 e. The van der Waals surface area contributed by atoms with Crippen molar-refractivity contribution in [1.29, 1.82) is 0 Å². The summed E-state index contributed by atoms with van der Waals surface area (Å²) in [7, 11) is 0. The second kappa shape index (κ2) is 9.82. The van der Waals surface area contributed by atoms with Gasteiger partial charge in [0.25, 0.3) is 0 Å². The van der Waals surface area contributed by atoms with E-state index in [0.29, 0.717) is 23.3 Å². The Morgan fingerprint density at radius 1 is 0.429 bits per heavy atom. The van der Waals surface area contributed by atoms with Crippen molar-refractivity contribution in [2.75, 3.05) is 0 Å². The van der Waals surface area contributed by atoms with Crippen LogP contribution in [0.4, 0.5) is 0 Å². The molecular formula is C42H23N5O2. The topological polar surface area (TPSA) is 82.8 Å². The van der Waals surface area contributed by atoms with E-state index in [1.54, 1.807) is 6.20 Å². The fourth-order valence-electron chi connectivity index (χ4n) is 7.19. The van der Waals surface area contributed by atoms with Crippen molar-refractivity contribution in [3.05, 3.63) is 140 Å². The van der Waals surface area contributed by atoms with Crippen molar-refractivity contribution in [3.8, 4) is 28.7 Å². The maximum absolute atomic E-state index is 6.14. The summed E-state index contributed by atoms with van der Waals surface area (Å²) < 4.78 is 14.3. The van der Waals surface area contributed by atoms with Gasteiger partial charge in [0.1, 0.15) is 16.7 Å². The zero-order valence-corrected chi connectivity index (χ0v) is 25.8. The Kier molecular flexibility index (Phi) is 5.26. The standard InChI is InChI=1S/C42H23N5O2/c1-2-10-25-22-35-31(19-24(25)9-1)28-11-3-6-14-34(28)47(35)42-45-39(26-17-18-38-32(20-26)29-12-4-7-15-36(29)48-38)44-40(46-42)27-21-33-30-13-5-8-16-37(30)49-41(33)43-23-27/h1-23H. The monoisotopic (exact) mass is 629 g/mol. The minimum Gasteiger partial charge on any atom is -0.456 e. The number of furan rings is 2. The number of para-hydroxylation sites is 3. The number of hydrogen-bond donors (Lipinski definition) is 0. The van der Waals surface area contributed by atoms with Gasteiger partial charge in [-0.2, -0.15) is 9.97 Å². The van der Waals surface area contributed by atoms with Crippen LogP contribution in [-0.4, -0.2) is 24.5 Å². The molecule has 5 heterocycles. The van der Waals surface area contributed by atoms with Crippen molar-refractivity contribution in [3.63, 3.8) is 0 Å². The first-order chi connectivity index (χ1) is 24.2. The summed E-state index contributed by atoms with van der Waals surface area (Å²) in [6.07, 6.45) is 1.78. The minimum atomic E-state index is 0.517. The third-order valence-electron chi connectivity index (χ3n) is 9.49. The first-order valence-corrected chi connectivity index (χ1v) is 16.1. The van der Waals surface area contributed by atoms with Crippen molar-refractivity contribution in [2.24, 2.45) is 0 Å². The fourth-order valence-corrected chi connectivity index (χ4v) is 7.19. The molecule has 49 heavy (non-hydrogen) atoms. The molecule has 5 aromatic heterocycles. The van der Waals surface area contributed by atoms with Crippen LogP contribution in [0.2, 0.25) is 0 Å². The van der Waals surface area contributed by atoms with Crippen LogP contribution >= 0.6 is 0 Å². The SMILES string of the molecule is c1ccc2cc3c(cc2c1)c1ccccc1n3-c1nc(-c2ccc3oc4ccccc4c3c2)nc(-c2cnc3oc4ccccc4c3c2)n1. The van der Waals surface area contributed by atoms with E-state index in [-0.39, 0.29) is 0 Å². The second-order valence-corrected chi connectivity index (χ2v) is 12.3. The summed E-state index contributed by atoms with van der Waals surface area (Å²) in [5.41, 5.74) is 6.69. The summed E-state index contributed by atoms with van der Waals surface area (Å²) in [6.45, 7) is 0.